The topological polar surface area (TPSA) is 66.9 Å². The van der Waals surface area contributed by atoms with Crippen molar-refractivity contribution in [3.8, 4) is 6.07 Å². The molecule has 0 aliphatic rings. The normalized spacial score (nSPS) is 11.3. The zero-order valence-corrected chi connectivity index (χ0v) is 17.7. The lowest BCUT2D eigenvalue weighted by molar-refractivity contribution is -0.387. The highest BCUT2D eigenvalue weighted by atomic mass is 35.5. The molecule has 31 heavy (non-hydrogen) atoms. The Kier molecular flexibility index (Phi) is 6.03. The number of nitro groups is 1. The standard InChI is InChI=1S/C25H15ClN2O2S/c26-20-9-11-21(12-10-20)31-25-13-8-17(15-24(25)28(29)30)14-19(16-27)23-7-3-5-18-4-1-2-6-22(18)23/h1-15H/b19-14+. The lowest BCUT2D eigenvalue weighted by atomic mass is 9.97. The van der Waals surface area contributed by atoms with Crippen LogP contribution in [0.3, 0.4) is 0 Å². The van der Waals surface area contributed by atoms with Crippen molar-refractivity contribution in [2.24, 2.45) is 0 Å². The van der Waals surface area contributed by atoms with Crippen molar-refractivity contribution in [3.05, 3.63) is 111 Å². The van der Waals surface area contributed by atoms with Gasteiger partial charge in [0.15, 0.2) is 0 Å². The van der Waals surface area contributed by atoms with Crippen molar-refractivity contribution in [1.82, 2.24) is 0 Å². The zero-order valence-electron chi connectivity index (χ0n) is 16.2. The van der Waals surface area contributed by atoms with Crippen LogP contribution < -0.4 is 0 Å². The Morgan fingerprint density at radius 2 is 1.74 bits per heavy atom. The molecule has 0 atom stereocenters. The number of hydrogen-bond acceptors (Lipinski definition) is 4. The molecule has 4 nitrogen and oxygen atoms in total. The predicted molar refractivity (Wildman–Crippen MR) is 126 cm³/mol. The van der Waals surface area contributed by atoms with Crippen LogP contribution in [-0.4, -0.2) is 4.92 Å². The fraction of sp³-hybridized carbons (Fsp3) is 0. The minimum Gasteiger partial charge on any atom is -0.258 e. The number of nitriles is 1. The molecule has 0 N–H and O–H groups in total. The average molecular weight is 443 g/mol. The summed E-state index contributed by atoms with van der Waals surface area (Å²) in [5, 5.41) is 24.1. The number of benzene rings is 4. The van der Waals surface area contributed by atoms with Gasteiger partial charge in [0, 0.05) is 21.5 Å². The van der Waals surface area contributed by atoms with Crippen molar-refractivity contribution in [3.63, 3.8) is 0 Å². The third kappa shape index (κ3) is 4.61. The van der Waals surface area contributed by atoms with Crippen LogP contribution in [-0.2, 0) is 0 Å². The van der Waals surface area contributed by atoms with Crippen LogP contribution in [0.25, 0.3) is 22.4 Å². The first-order valence-corrected chi connectivity index (χ1v) is 10.6. The lowest BCUT2D eigenvalue weighted by Crippen LogP contribution is -1.92. The molecule has 0 saturated carbocycles. The Hall–Kier alpha value is -3.59. The van der Waals surface area contributed by atoms with Gasteiger partial charge < -0.3 is 0 Å². The van der Waals surface area contributed by atoms with Crippen LogP contribution in [0.15, 0.2) is 94.7 Å². The molecular weight excluding hydrogens is 428 g/mol. The highest BCUT2D eigenvalue weighted by Crippen LogP contribution is 2.36. The Labute approximate surface area is 188 Å². The van der Waals surface area contributed by atoms with Gasteiger partial charge in [-0.2, -0.15) is 5.26 Å². The SMILES string of the molecule is N#C/C(=C\c1ccc(Sc2ccc(Cl)cc2)c([N+](=O)[O-])c1)c1cccc2ccccc12. The van der Waals surface area contributed by atoms with E-state index >= 15 is 0 Å². The molecule has 0 amide bonds. The van der Waals surface area contributed by atoms with Crippen molar-refractivity contribution >= 4 is 51.5 Å². The minimum atomic E-state index is -0.403. The number of nitrogens with zero attached hydrogens (tertiary/aromatic N) is 2. The summed E-state index contributed by atoms with van der Waals surface area (Å²) in [5.74, 6) is 0. The second-order valence-electron chi connectivity index (χ2n) is 6.74. The van der Waals surface area contributed by atoms with Crippen LogP contribution in [0, 0.1) is 21.4 Å². The van der Waals surface area contributed by atoms with Gasteiger partial charge in [0.2, 0.25) is 0 Å². The molecule has 0 radical (unpaired) electrons. The van der Waals surface area contributed by atoms with E-state index in [1.165, 1.54) is 17.8 Å². The smallest absolute Gasteiger partial charge is 0.258 e. The van der Waals surface area contributed by atoms with E-state index in [1.54, 1.807) is 30.3 Å². The summed E-state index contributed by atoms with van der Waals surface area (Å²) in [5.41, 5.74) is 1.83. The molecule has 0 unspecified atom stereocenters. The number of halogens is 1. The largest absolute Gasteiger partial charge is 0.283 e. The highest BCUT2D eigenvalue weighted by molar-refractivity contribution is 7.99. The fourth-order valence-electron chi connectivity index (χ4n) is 3.28. The van der Waals surface area contributed by atoms with Crippen molar-refractivity contribution in [2.45, 2.75) is 9.79 Å². The minimum absolute atomic E-state index is 0.0103. The van der Waals surface area contributed by atoms with Gasteiger partial charge >= 0.3 is 0 Å². The molecule has 0 fully saturated rings. The molecule has 4 rings (SSSR count). The second kappa shape index (κ2) is 9.05. The van der Waals surface area contributed by atoms with Crippen LogP contribution in [0.2, 0.25) is 5.02 Å². The molecule has 6 heteroatoms. The number of nitro benzene ring substituents is 1. The van der Waals surface area contributed by atoms with E-state index in [9.17, 15) is 15.4 Å². The molecule has 4 aromatic rings. The molecule has 0 spiro atoms. The van der Waals surface area contributed by atoms with Gasteiger partial charge in [0.05, 0.1) is 21.5 Å². The van der Waals surface area contributed by atoms with Crippen LogP contribution in [0.1, 0.15) is 11.1 Å². The predicted octanol–water partition coefficient (Wildman–Crippen LogP) is 7.62. The Morgan fingerprint density at radius 3 is 2.48 bits per heavy atom. The van der Waals surface area contributed by atoms with E-state index in [4.69, 9.17) is 11.6 Å². The lowest BCUT2D eigenvalue weighted by Gasteiger charge is -2.07. The molecule has 0 aliphatic heterocycles. The summed E-state index contributed by atoms with van der Waals surface area (Å²) in [7, 11) is 0. The Balaban J connectivity index is 1.74. The zero-order chi connectivity index (χ0) is 21.8. The van der Waals surface area contributed by atoms with Gasteiger partial charge in [-0.15, -0.1) is 0 Å². The van der Waals surface area contributed by atoms with E-state index in [2.05, 4.69) is 6.07 Å². The first-order valence-electron chi connectivity index (χ1n) is 9.37. The summed E-state index contributed by atoms with van der Waals surface area (Å²) in [6, 6.07) is 28.0. The van der Waals surface area contributed by atoms with Crippen molar-refractivity contribution in [1.29, 1.82) is 5.26 Å². The first kappa shape index (κ1) is 20.7. The Bertz CT molecular complexity index is 1350. The fourth-order valence-corrected chi connectivity index (χ4v) is 4.31. The second-order valence-corrected chi connectivity index (χ2v) is 8.29. The number of allylic oxidation sites excluding steroid dienone is 1. The summed E-state index contributed by atoms with van der Waals surface area (Å²) in [6.07, 6.45) is 1.69. The number of rotatable bonds is 5. The van der Waals surface area contributed by atoms with Crippen molar-refractivity contribution < 1.29 is 4.92 Å². The summed E-state index contributed by atoms with van der Waals surface area (Å²) in [6.45, 7) is 0. The van der Waals surface area contributed by atoms with Crippen LogP contribution >= 0.6 is 23.4 Å². The van der Waals surface area contributed by atoms with Crippen LogP contribution in [0.5, 0.6) is 0 Å². The maximum Gasteiger partial charge on any atom is 0.283 e. The maximum absolute atomic E-state index is 11.7. The summed E-state index contributed by atoms with van der Waals surface area (Å²) < 4.78 is 0. The number of hydrogen-bond donors (Lipinski definition) is 0. The molecule has 0 aromatic heterocycles. The molecular formula is C25H15ClN2O2S. The third-order valence-corrected chi connectivity index (χ3v) is 6.06. The molecule has 4 aromatic carbocycles. The van der Waals surface area contributed by atoms with E-state index in [0.29, 0.717) is 21.1 Å². The Morgan fingerprint density at radius 1 is 1.00 bits per heavy atom. The monoisotopic (exact) mass is 442 g/mol. The van der Waals surface area contributed by atoms with Crippen LogP contribution in [0.4, 0.5) is 5.69 Å². The molecule has 0 aliphatic carbocycles. The van der Waals surface area contributed by atoms with Crippen molar-refractivity contribution in [2.75, 3.05) is 0 Å². The maximum atomic E-state index is 11.7. The molecule has 0 bridgehead atoms. The van der Waals surface area contributed by atoms with Gasteiger partial charge in [0.1, 0.15) is 0 Å². The van der Waals surface area contributed by atoms with Gasteiger partial charge in [0.25, 0.3) is 5.69 Å². The van der Waals surface area contributed by atoms with Gasteiger partial charge in [-0.1, -0.05) is 71.9 Å². The third-order valence-electron chi connectivity index (χ3n) is 4.73. The van der Waals surface area contributed by atoms with Gasteiger partial charge in [-0.05, 0) is 52.7 Å². The van der Waals surface area contributed by atoms with E-state index in [-0.39, 0.29) is 5.69 Å². The van der Waals surface area contributed by atoms with Gasteiger partial charge in [-0.3, -0.25) is 10.1 Å². The summed E-state index contributed by atoms with van der Waals surface area (Å²) in [4.78, 5) is 12.7. The average Bonchev–Trinajstić information content (AvgIpc) is 2.79. The van der Waals surface area contributed by atoms with E-state index in [1.807, 2.05) is 54.6 Å². The number of fused-ring (bicyclic) bond motifs is 1. The molecule has 150 valence electrons. The highest BCUT2D eigenvalue weighted by Gasteiger charge is 2.16. The first-order chi connectivity index (χ1) is 15.0. The van der Waals surface area contributed by atoms with Gasteiger partial charge in [-0.25, -0.2) is 0 Å². The quantitative estimate of drug-likeness (QED) is 0.138. The molecule has 0 heterocycles. The molecule has 0 saturated heterocycles. The van der Waals surface area contributed by atoms with E-state index < -0.39 is 4.92 Å². The van der Waals surface area contributed by atoms with E-state index in [0.717, 1.165) is 21.2 Å². The summed E-state index contributed by atoms with van der Waals surface area (Å²) >= 11 is 7.21.